The molecule has 4 aromatic rings. The molecule has 0 unspecified atom stereocenters. The van der Waals surface area contributed by atoms with Gasteiger partial charge in [0.2, 0.25) is 0 Å². The minimum absolute atomic E-state index is 0.0692. The van der Waals surface area contributed by atoms with E-state index in [1.54, 1.807) is 12.1 Å². The Morgan fingerprint density at radius 2 is 1.35 bits per heavy atom. The summed E-state index contributed by atoms with van der Waals surface area (Å²) in [6.45, 7) is 2.21. The van der Waals surface area contributed by atoms with E-state index >= 15 is 0 Å². The maximum atomic E-state index is 11.3. The third kappa shape index (κ3) is 2.76. The Morgan fingerprint density at radius 3 is 1.94 bits per heavy atom. The van der Waals surface area contributed by atoms with Crippen molar-refractivity contribution in [1.29, 1.82) is 0 Å². The van der Waals surface area contributed by atoms with E-state index in [4.69, 9.17) is 4.99 Å². The molecule has 1 fully saturated rings. The minimum Gasteiger partial charge on any atom is -0.343 e. The van der Waals surface area contributed by atoms with Crippen molar-refractivity contribution in [1.82, 2.24) is 4.90 Å². The van der Waals surface area contributed by atoms with Gasteiger partial charge in [-0.25, -0.2) is 4.99 Å². The molecule has 2 aliphatic heterocycles. The van der Waals surface area contributed by atoms with Crippen LogP contribution in [0.2, 0.25) is 0 Å². The van der Waals surface area contributed by atoms with Crippen LogP contribution in [0.1, 0.15) is 41.3 Å². The summed E-state index contributed by atoms with van der Waals surface area (Å²) in [7, 11) is 0. The normalized spacial score (nSPS) is 19.9. The molecule has 2 aliphatic rings. The molecule has 4 aromatic carbocycles. The summed E-state index contributed by atoms with van der Waals surface area (Å²) in [5.41, 5.74) is 5.12. The quantitative estimate of drug-likeness (QED) is 0.258. The van der Waals surface area contributed by atoms with Crippen LogP contribution in [0, 0.1) is 10.1 Å². The second kappa shape index (κ2) is 7.66. The van der Waals surface area contributed by atoms with Crippen molar-refractivity contribution in [3.63, 3.8) is 0 Å². The summed E-state index contributed by atoms with van der Waals surface area (Å²) in [5.74, 6) is 1.01. The smallest absolute Gasteiger partial charge is 0.269 e. The minimum atomic E-state index is -0.513. The first-order valence-corrected chi connectivity index (χ1v) is 11.4. The van der Waals surface area contributed by atoms with Crippen LogP contribution in [0.5, 0.6) is 0 Å². The first-order valence-electron chi connectivity index (χ1n) is 11.4. The molecule has 5 heteroatoms. The molecule has 0 saturated carbocycles. The number of aliphatic imine (C=N–C) groups is 1. The highest BCUT2D eigenvalue weighted by atomic mass is 16.6. The van der Waals surface area contributed by atoms with Gasteiger partial charge in [-0.15, -0.1) is 0 Å². The molecule has 0 N–H and O–H groups in total. The number of fused-ring (bicyclic) bond motifs is 2. The molecule has 1 saturated heterocycles. The zero-order chi connectivity index (χ0) is 23.3. The van der Waals surface area contributed by atoms with E-state index in [9.17, 15) is 10.1 Å². The Hall–Kier alpha value is -4.25. The third-order valence-corrected chi connectivity index (χ3v) is 7.19. The molecule has 0 spiro atoms. The van der Waals surface area contributed by atoms with Crippen LogP contribution in [0.15, 0.2) is 114 Å². The standard InChI is InChI=1S/C29H23N3O2/c1-20-25-14-8-9-15-26(25)30-28-29(22-10-4-2-5-11-22,23-12-6-3-7-13-23)27(31(20)28)21-16-18-24(19-17-21)32(33)34/h2-20,27H,1H3/t20-,27-/m1/s1. The number of hydrogen-bond donors (Lipinski definition) is 0. The highest BCUT2D eigenvalue weighted by Crippen LogP contribution is 2.61. The molecular formula is C29H23N3O2. The lowest BCUT2D eigenvalue weighted by molar-refractivity contribution is -0.384. The zero-order valence-electron chi connectivity index (χ0n) is 18.7. The fourth-order valence-corrected chi connectivity index (χ4v) is 5.68. The number of hydrogen-bond acceptors (Lipinski definition) is 4. The fraction of sp³-hybridized carbons (Fsp3) is 0.138. The van der Waals surface area contributed by atoms with Crippen molar-refractivity contribution in [2.75, 3.05) is 0 Å². The van der Waals surface area contributed by atoms with E-state index in [1.807, 2.05) is 30.3 Å². The van der Waals surface area contributed by atoms with Crippen LogP contribution < -0.4 is 0 Å². The number of non-ortho nitro benzene ring substituents is 1. The predicted molar refractivity (Wildman–Crippen MR) is 133 cm³/mol. The topological polar surface area (TPSA) is 58.7 Å². The van der Waals surface area contributed by atoms with Crippen molar-refractivity contribution < 1.29 is 4.92 Å². The highest BCUT2D eigenvalue weighted by Gasteiger charge is 2.63. The summed E-state index contributed by atoms with van der Waals surface area (Å²) in [5, 5.41) is 11.3. The Labute approximate surface area is 198 Å². The molecule has 6 rings (SSSR count). The van der Waals surface area contributed by atoms with Gasteiger partial charge in [-0.05, 0) is 29.7 Å². The van der Waals surface area contributed by atoms with Gasteiger partial charge in [-0.3, -0.25) is 10.1 Å². The summed E-state index contributed by atoms with van der Waals surface area (Å²) < 4.78 is 0. The number of nitro groups is 1. The number of amidine groups is 1. The lowest BCUT2D eigenvalue weighted by Crippen LogP contribution is -2.67. The lowest BCUT2D eigenvalue weighted by atomic mass is 9.58. The van der Waals surface area contributed by atoms with Gasteiger partial charge >= 0.3 is 0 Å². The number of para-hydroxylation sites is 1. The van der Waals surface area contributed by atoms with Crippen LogP contribution in [0.3, 0.4) is 0 Å². The average Bonchev–Trinajstić information content (AvgIpc) is 2.88. The molecule has 2 atom stereocenters. The van der Waals surface area contributed by atoms with E-state index < -0.39 is 5.41 Å². The molecule has 34 heavy (non-hydrogen) atoms. The predicted octanol–water partition coefficient (Wildman–Crippen LogP) is 6.74. The van der Waals surface area contributed by atoms with Crippen LogP contribution in [-0.4, -0.2) is 15.7 Å². The fourth-order valence-electron chi connectivity index (χ4n) is 5.68. The van der Waals surface area contributed by atoms with Gasteiger partial charge in [-0.2, -0.15) is 0 Å². The molecule has 5 nitrogen and oxygen atoms in total. The Bertz CT molecular complexity index is 1360. The molecule has 2 heterocycles. The second-order valence-electron chi connectivity index (χ2n) is 8.87. The first kappa shape index (κ1) is 20.4. The number of nitro benzene ring substituents is 1. The maximum absolute atomic E-state index is 11.3. The van der Waals surface area contributed by atoms with Gasteiger partial charge in [0.25, 0.3) is 5.69 Å². The summed E-state index contributed by atoms with van der Waals surface area (Å²) >= 11 is 0. The van der Waals surface area contributed by atoms with Crippen molar-refractivity contribution in [3.05, 3.63) is 142 Å². The van der Waals surface area contributed by atoms with E-state index in [0.29, 0.717) is 0 Å². The first-order chi connectivity index (χ1) is 16.6. The SMILES string of the molecule is C[C@@H]1c2ccccc2N=C2N1[C@H](c1ccc([N+](=O)[O-])cc1)C2(c1ccccc1)c1ccccc1. The van der Waals surface area contributed by atoms with Crippen LogP contribution >= 0.6 is 0 Å². The van der Waals surface area contributed by atoms with Gasteiger partial charge in [-0.1, -0.05) is 91.0 Å². The zero-order valence-corrected chi connectivity index (χ0v) is 18.7. The van der Waals surface area contributed by atoms with Gasteiger partial charge < -0.3 is 4.90 Å². The van der Waals surface area contributed by atoms with Gasteiger partial charge in [0.1, 0.15) is 11.3 Å². The number of benzene rings is 4. The van der Waals surface area contributed by atoms with Crippen molar-refractivity contribution >= 4 is 17.2 Å². The largest absolute Gasteiger partial charge is 0.343 e. The molecule has 0 aromatic heterocycles. The van der Waals surface area contributed by atoms with Crippen molar-refractivity contribution in [2.24, 2.45) is 4.99 Å². The lowest BCUT2D eigenvalue weighted by Gasteiger charge is -2.63. The van der Waals surface area contributed by atoms with Crippen molar-refractivity contribution in [3.8, 4) is 0 Å². The molecular weight excluding hydrogens is 422 g/mol. The van der Waals surface area contributed by atoms with Crippen LogP contribution in [0.25, 0.3) is 0 Å². The van der Waals surface area contributed by atoms with Gasteiger partial charge in [0, 0.05) is 17.7 Å². The van der Waals surface area contributed by atoms with Crippen LogP contribution in [-0.2, 0) is 5.41 Å². The Morgan fingerprint density at radius 1 is 0.794 bits per heavy atom. The molecule has 166 valence electrons. The summed E-state index contributed by atoms with van der Waals surface area (Å²) in [4.78, 5) is 18.6. The number of nitrogens with zero attached hydrogens (tertiary/aromatic N) is 3. The second-order valence-corrected chi connectivity index (χ2v) is 8.87. The molecule has 0 amide bonds. The highest BCUT2D eigenvalue weighted by molar-refractivity contribution is 6.06. The summed E-state index contributed by atoms with van der Waals surface area (Å²) in [6.07, 6.45) is 0. The average molecular weight is 446 g/mol. The van der Waals surface area contributed by atoms with E-state index in [2.05, 4.69) is 78.6 Å². The van der Waals surface area contributed by atoms with Gasteiger partial charge in [0.05, 0.1) is 22.7 Å². The maximum Gasteiger partial charge on any atom is 0.269 e. The summed E-state index contributed by atoms with van der Waals surface area (Å²) in [6, 6.07) is 36.3. The molecule has 0 aliphatic carbocycles. The Balaban J connectivity index is 1.65. The van der Waals surface area contributed by atoms with E-state index in [1.165, 1.54) is 5.56 Å². The number of rotatable bonds is 4. The monoisotopic (exact) mass is 445 g/mol. The van der Waals surface area contributed by atoms with Crippen LogP contribution in [0.4, 0.5) is 11.4 Å². The third-order valence-electron chi connectivity index (χ3n) is 7.19. The van der Waals surface area contributed by atoms with Gasteiger partial charge in [0.15, 0.2) is 0 Å². The Kier molecular flexibility index (Phi) is 4.59. The van der Waals surface area contributed by atoms with Crippen molar-refractivity contribution in [2.45, 2.75) is 24.4 Å². The molecule has 0 radical (unpaired) electrons. The van der Waals surface area contributed by atoms with E-state index in [-0.39, 0.29) is 22.7 Å². The molecule has 0 bridgehead atoms. The van der Waals surface area contributed by atoms with E-state index in [0.717, 1.165) is 28.2 Å².